The highest BCUT2D eigenvalue weighted by atomic mass is 35.5. The lowest BCUT2D eigenvalue weighted by Crippen LogP contribution is -2.42. The summed E-state index contributed by atoms with van der Waals surface area (Å²) in [4.78, 5) is 39.9. The highest BCUT2D eigenvalue weighted by Crippen LogP contribution is 2.37. The maximum absolute atomic E-state index is 12.4. The summed E-state index contributed by atoms with van der Waals surface area (Å²) in [6.07, 6.45) is 3.46. The minimum absolute atomic E-state index is 0.178. The lowest BCUT2D eigenvalue weighted by atomic mass is 9.81. The van der Waals surface area contributed by atoms with Gasteiger partial charge in [-0.05, 0) is 37.1 Å². The Bertz CT molecular complexity index is 667. The summed E-state index contributed by atoms with van der Waals surface area (Å²) in [6.45, 7) is 0.504. The summed E-state index contributed by atoms with van der Waals surface area (Å²) in [5.74, 6) is -0.391. The first-order valence-corrected chi connectivity index (χ1v) is 9.32. The van der Waals surface area contributed by atoms with E-state index in [0.717, 1.165) is 30.6 Å². The first kappa shape index (κ1) is 18.7. The lowest BCUT2D eigenvalue weighted by molar-refractivity contribution is -0.146. The van der Waals surface area contributed by atoms with Crippen LogP contribution in [-0.2, 0) is 14.4 Å². The molecular formula is C19H23ClN2O4. The van der Waals surface area contributed by atoms with Crippen LogP contribution in [0.25, 0.3) is 0 Å². The van der Waals surface area contributed by atoms with Crippen molar-refractivity contribution in [2.45, 2.75) is 25.7 Å². The molecule has 1 saturated heterocycles. The van der Waals surface area contributed by atoms with E-state index in [1.54, 1.807) is 31.3 Å². The van der Waals surface area contributed by atoms with Crippen molar-refractivity contribution < 1.29 is 19.1 Å². The fraction of sp³-hybridized carbons (Fsp3) is 0.526. The molecule has 140 valence electrons. The normalized spacial score (nSPS) is 22.3. The van der Waals surface area contributed by atoms with Crippen molar-refractivity contribution in [1.29, 1.82) is 0 Å². The van der Waals surface area contributed by atoms with Crippen molar-refractivity contribution in [3.63, 3.8) is 0 Å². The highest BCUT2D eigenvalue weighted by Gasteiger charge is 2.48. The Hall–Kier alpha value is -2.08. The van der Waals surface area contributed by atoms with Crippen molar-refractivity contribution in [2.75, 3.05) is 26.7 Å². The molecule has 1 aliphatic heterocycles. The molecule has 1 aliphatic carbocycles. The van der Waals surface area contributed by atoms with Crippen LogP contribution >= 0.6 is 11.6 Å². The number of amides is 3. The van der Waals surface area contributed by atoms with Gasteiger partial charge >= 0.3 is 0 Å². The lowest BCUT2D eigenvalue weighted by Gasteiger charge is -2.21. The molecule has 2 fully saturated rings. The van der Waals surface area contributed by atoms with Gasteiger partial charge in [0.1, 0.15) is 18.9 Å². The van der Waals surface area contributed by atoms with Crippen LogP contribution in [0.2, 0.25) is 5.02 Å². The SMILES string of the molecule is CN(CCOc1ccc(Cl)cc1)C(=O)CN1C(=O)[C@@H]2CCCC[C@H]2C1=O. The van der Waals surface area contributed by atoms with Crippen molar-refractivity contribution in [2.24, 2.45) is 11.8 Å². The molecule has 0 aromatic heterocycles. The summed E-state index contributed by atoms with van der Waals surface area (Å²) in [5, 5.41) is 0.630. The number of ether oxygens (including phenoxy) is 1. The van der Waals surface area contributed by atoms with Crippen molar-refractivity contribution in [3.8, 4) is 5.75 Å². The zero-order chi connectivity index (χ0) is 18.7. The Morgan fingerprint density at radius 3 is 2.31 bits per heavy atom. The van der Waals surface area contributed by atoms with E-state index in [9.17, 15) is 14.4 Å². The van der Waals surface area contributed by atoms with Crippen LogP contribution in [0, 0.1) is 11.8 Å². The molecule has 26 heavy (non-hydrogen) atoms. The predicted molar refractivity (Wildman–Crippen MR) is 96.8 cm³/mol. The number of benzene rings is 1. The molecule has 3 amide bonds. The van der Waals surface area contributed by atoms with Gasteiger partial charge in [0.25, 0.3) is 0 Å². The largest absolute Gasteiger partial charge is 0.492 e. The van der Waals surface area contributed by atoms with E-state index in [2.05, 4.69) is 0 Å². The predicted octanol–water partition coefficient (Wildman–Crippen LogP) is 2.35. The van der Waals surface area contributed by atoms with E-state index >= 15 is 0 Å². The monoisotopic (exact) mass is 378 g/mol. The van der Waals surface area contributed by atoms with Crippen LogP contribution in [0.5, 0.6) is 5.75 Å². The molecule has 0 radical (unpaired) electrons. The summed E-state index contributed by atoms with van der Waals surface area (Å²) in [5.41, 5.74) is 0. The van der Waals surface area contributed by atoms with Gasteiger partial charge in [0, 0.05) is 12.1 Å². The Morgan fingerprint density at radius 1 is 1.15 bits per heavy atom. The van der Waals surface area contributed by atoms with Gasteiger partial charge in [0.05, 0.1) is 18.4 Å². The molecule has 7 heteroatoms. The number of carbonyl (C=O) groups is 3. The maximum Gasteiger partial charge on any atom is 0.242 e. The number of halogens is 1. The minimum Gasteiger partial charge on any atom is -0.492 e. The van der Waals surface area contributed by atoms with Gasteiger partial charge in [-0.1, -0.05) is 24.4 Å². The third kappa shape index (κ3) is 4.01. The zero-order valence-corrected chi connectivity index (χ0v) is 15.6. The Kier molecular flexibility index (Phi) is 5.81. The van der Waals surface area contributed by atoms with Gasteiger partial charge in [0.15, 0.2) is 0 Å². The maximum atomic E-state index is 12.4. The topological polar surface area (TPSA) is 66.9 Å². The van der Waals surface area contributed by atoms with Crippen LogP contribution in [0.15, 0.2) is 24.3 Å². The second-order valence-electron chi connectivity index (χ2n) is 6.88. The smallest absolute Gasteiger partial charge is 0.242 e. The third-order valence-electron chi connectivity index (χ3n) is 5.16. The molecular weight excluding hydrogens is 356 g/mol. The number of likely N-dealkylation sites (N-methyl/N-ethyl adjacent to an activating group) is 1. The number of hydrogen-bond acceptors (Lipinski definition) is 4. The highest BCUT2D eigenvalue weighted by molar-refractivity contribution is 6.30. The molecule has 2 aliphatic rings. The number of imide groups is 1. The molecule has 0 unspecified atom stereocenters. The van der Waals surface area contributed by atoms with Crippen molar-refractivity contribution in [1.82, 2.24) is 9.80 Å². The van der Waals surface area contributed by atoms with Gasteiger partial charge in [-0.25, -0.2) is 0 Å². The van der Waals surface area contributed by atoms with Crippen molar-refractivity contribution in [3.05, 3.63) is 29.3 Å². The quantitative estimate of drug-likeness (QED) is 0.713. The van der Waals surface area contributed by atoms with Gasteiger partial charge in [-0.15, -0.1) is 0 Å². The van der Waals surface area contributed by atoms with Gasteiger partial charge in [-0.2, -0.15) is 0 Å². The van der Waals surface area contributed by atoms with Crippen LogP contribution in [0.3, 0.4) is 0 Å². The molecule has 1 heterocycles. The van der Waals surface area contributed by atoms with Crippen LogP contribution in [0.4, 0.5) is 0 Å². The standard InChI is InChI=1S/C19H23ClN2O4/c1-21(10-11-26-14-8-6-13(20)7-9-14)17(23)12-22-18(24)15-4-2-3-5-16(15)19(22)25/h6-9,15-16H,2-5,10-12H2,1H3/t15-,16-/m1/s1. The fourth-order valence-electron chi connectivity index (χ4n) is 3.60. The molecule has 1 aromatic carbocycles. The van der Waals surface area contributed by atoms with Gasteiger partial charge in [-0.3, -0.25) is 19.3 Å². The summed E-state index contributed by atoms with van der Waals surface area (Å²) < 4.78 is 5.57. The van der Waals surface area contributed by atoms with Crippen LogP contribution < -0.4 is 4.74 Å². The Balaban J connectivity index is 1.48. The summed E-state index contributed by atoms with van der Waals surface area (Å²) in [7, 11) is 1.64. The third-order valence-corrected chi connectivity index (χ3v) is 5.41. The second kappa shape index (κ2) is 8.08. The molecule has 6 nitrogen and oxygen atoms in total. The Morgan fingerprint density at radius 2 is 1.73 bits per heavy atom. The fourth-order valence-corrected chi connectivity index (χ4v) is 3.72. The number of rotatable bonds is 6. The van der Waals surface area contributed by atoms with Gasteiger partial charge < -0.3 is 9.64 Å². The number of nitrogens with zero attached hydrogens (tertiary/aromatic N) is 2. The molecule has 0 N–H and O–H groups in total. The molecule has 1 saturated carbocycles. The number of likely N-dealkylation sites (tertiary alicyclic amines) is 1. The average molecular weight is 379 g/mol. The average Bonchev–Trinajstić information content (AvgIpc) is 2.88. The number of carbonyl (C=O) groups excluding carboxylic acids is 3. The van der Waals surface area contributed by atoms with E-state index in [0.29, 0.717) is 23.9 Å². The first-order chi connectivity index (χ1) is 12.5. The summed E-state index contributed by atoms with van der Waals surface area (Å²) in [6, 6.07) is 6.98. The molecule has 0 spiro atoms. The van der Waals surface area contributed by atoms with Gasteiger partial charge in [0.2, 0.25) is 17.7 Å². The summed E-state index contributed by atoms with van der Waals surface area (Å²) >= 11 is 5.82. The zero-order valence-electron chi connectivity index (χ0n) is 14.8. The van der Waals surface area contributed by atoms with E-state index in [4.69, 9.17) is 16.3 Å². The van der Waals surface area contributed by atoms with Crippen molar-refractivity contribution >= 4 is 29.3 Å². The molecule has 2 atom stereocenters. The van der Waals surface area contributed by atoms with E-state index in [1.807, 2.05) is 0 Å². The van der Waals surface area contributed by atoms with E-state index < -0.39 is 0 Å². The number of hydrogen-bond donors (Lipinski definition) is 0. The first-order valence-electron chi connectivity index (χ1n) is 8.95. The Labute approximate surface area is 158 Å². The molecule has 0 bridgehead atoms. The minimum atomic E-state index is -0.259. The van der Waals surface area contributed by atoms with Crippen LogP contribution in [0.1, 0.15) is 25.7 Å². The van der Waals surface area contributed by atoms with E-state index in [1.165, 1.54) is 4.90 Å². The molecule has 3 rings (SSSR count). The number of fused-ring (bicyclic) bond motifs is 1. The van der Waals surface area contributed by atoms with Crippen LogP contribution in [-0.4, -0.2) is 54.3 Å². The second-order valence-corrected chi connectivity index (χ2v) is 7.31. The molecule has 1 aromatic rings. The van der Waals surface area contributed by atoms with E-state index in [-0.39, 0.29) is 36.1 Å².